The summed E-state index contributed by atoms with van der Waals surface area (Å²) in [4.78, 5) is 12.1. The molecule has 0 spiro atoms. The lowest BCUT2D eigenvalue weighted by atomic mass is 10.2. The van der Waals surface area contributed by atoms with E-state index >= 15 is 0 Å². The number of aromatic nitrogens is 2. The van der Waals surface area contributed by atoms with Crippen LogP contribution in [0.1, 0.15) is 15.9 Å². The van der Waals surface area contributed by atoms with E-state index in [4.69, 9.17) is 23.2 Å². The fourth-order valence-electron chi connectivity index (χ4n) is 2.19. The number of rotatable bonds is 4. The maximum Gasteiger partial charge on any atom is 0.256 e. The fourth-order valence-corrected chi connectivity index (χ4v) is 2.61. The SMILES string of the molecule is O=C(Nc1nn(Cc2c(F)cccc2Cl)cc1Cl)c1ccc(F)cc1. The van der Waals surface area contributed by atoms with Crippen LogP contribution in [0.4, 0.5) is 14.6 Å². The third kappa shape index (κ3) is 3.97. The summed E-state index contributed by atoms with van der Waals surface area (Å²) >= 11 is 12.1. The van der Waals surface area contributed by atoms with Crippen LogP contribution < -0.4 is 5.32 Å². The standard InChI is InChI=1S/C17H11Cl2F2N3O/c18-13-2-1-3-15(21)12(13)8-24-9-14(19)16(23-24)22-17(25)10-4-6-11(20)7-5-10/h1-7,9H,8H2,(H,22,23,25). The van der Waals surface area contributed by atoms with Crippen molar-refractivity contribution < 1.29 is 13.6 Å². The van der Waals surface area contributed by atoms with E-state index in [0.717, 1.165) is 0 Å². The summed E-state index contributed by atoms with van der Waals surface area (Å²) in [5, 5.41) is 7.10. The van der Waals surface area contributed by atoms with E-state index in [9.17, 15) is 13.6 Å². The molecule has 0 saturated heterocycles. The highest BCUT2D eigenvalue weighted by Gasteiger charge is 2.14. The van der Waals surface area contributed by atoms with Gasteiger partial charge in [-0.15, -0.1) is 0 Å². The van der Waals surface area contributed by atoms with Crippen molar-refractivity contribution in [2.45, 2.75) is 6.54 Å². The lowest BCUT2D eigenvalue weighted by molar-refractivity contribution is 0.102. The van der Waals surface area contributed by atoms with Crippen LogP contribution in [0.5, 0.6) is 0 Å². The van der Waals surface area contributed by atoms with Gasteiger partial charge in [-0.3, -0.25) is 9.48 Å². The zero-order valence-electron chi connectivity index (χ0n) is 12.6. The van der Waals surface area contributed by atoms with E-state index in [1.165, 1.54) is 47.3 Å². The Morgan fingerprint density at radius 1 is 1.08 bits per heavy atom. The zero-order valence-corrected chi connectivity index (χ0v) is 14.2. The second kappa shape index (κ2) is 7.21. The van der Waals surface area contributed by atoms with E-state index in [1.807, 2.05) is 0 Å². The molecular weight excluding hydrogens is 371 g/mol. The summed E-state index contributed by atoms with van der Waals surface area (Å²) in [6.07, 6.45) is 1.45. The second-order valence-corrected chi connectivity index (χ2v) is 6.00. The van der Waals surface area contributed by atoms with Gasteiger partial charge >= 0.3 is 0 Å². The van der Waals surface area contributed by atoms with Crippen LogP contribution in [-0.2, 0) is 6.54 Å². The minimum atomic E-state index is -0.490. The molecule has 0 aliphatic heterocycles. The van der Waals surface area contributed by atoms with Crippen LogP contribution in [0, 0.1) is 11.6 Å². The first-order valence-electron chi connectivity index (χ1n) is 7.17. The number of hydrogen-bond donors (Lipinski definition) is 1. The second-order valence-electron chi connectivity index (χ2n) is 5.18. The molecule has 1 N–H and O–H groups in total. The molecule has 0 bridgehead atoms. The molecule has 1 amide bonds. The molecule has 1 heterocycles. The number of halogens is 4. The maximum atomic E-state index is 13.8. The molecule has 0 saturated carbocycles. The number of amides is 1. The first kappa shape index (κ1) is 17.4. The summed E-state index contributed by atoms with van der Waals surface area (Å²) in [6, 6.07) is 9.41. The minimum Gasteiger partial charge on any atom is -0.304 e. The van der Waals surface area contributed by atoms with Gasteiger partial charge in [0.05, 0.1) is 6.54 Å². The van der Waals surface area contributed by atoms with Crippen molar-refractivity contribution in [3.8, 4) is 0 Å². The molecule has 128 valence electrons. The first-order chi connectivity index (χ1) is 11.9. The molecule has 3 aromatic rings. The van der Waals surface area contributed by atoms with Gasteiger partial charge in [0.25, 0.3) is 5.91 Å². The highest BCUT2D eigenvalue weighted by molar-refractivity contribution is 6.33. The Kier molecular flexibility index (Phi) is 5.01. The van der Waals surface area contributed by atoms with Gasteiger partial charge in [0, 0.05) is 22.3 Å². The normalized spacial score (nSPS) is 10.7. The molecule has 3 rings (SSSR count). The Hall–Kier alpha value is -2.44. The molecule has 0 radical (unpaired) electrons. The van der Waals surface area contributed by atoms with Crippen LogP contribution >= 0.6 is 23.2 Å². The van der Waals surface area contributed by atoms with Crippen LogP contribution in [0.15, 0.2) is 48.7 Å². The van der Waals surface area contributed by atoms with Crippen molar-refractivity contribution in [3.05, 3.63) is 81.5 Å². The van der Waals surface area contributed by atoms with Crippen molar-refractivity contribution in [2.24, 2.45) is 0 Å². The van der Waals surface area contributed by atoms with Gasteiger partial charge in [0.15, 0.2) is 5.82 Å². The van der Waals surface area contributed by atoms with Gasteiger partial charge in [-0.2, -0.15) is 5.10 Å². The van der Waals surface area contributed by atoms with Gasteiger partial charge in [-0.1, -0.05) is 29.3 Å². The predicted molar refractivity (Wildman–Crippen MR) is 92.1 cm³/mol. The average molecular weight is 382 g/mol. The molecule has 8 heteroatoms. The summed E-state index contributed by atoms with van der Waals surface area (Å²) in [5.74, 6) is -1.28. The number of benzene rings is 2. The Balaban J connectivity index is 1.78. The highest BCUT2D eigenvalue weighted by atomic mass is 35.5. The van der Waals surface area contributed by atoms with Gasteiger partial charge in [-0.05, 0) is 36.4 Å². The number of anilines is 1. The fraction of sp³-hybridized carbons (Fsp3) is 0.0588. The van der Waals surface area contributed by atoms with Crippen molar-refractivity contribution >= 4 is 34.9 Å². The molecule has 2 aromatic carbocycles. The molecule has 0 unspecified atom stereocenters. The topological polar surface area (TPSA) is 46.9 Å². The smallest absolute Gasteiger partial charge is 0.256 e. The molecule has 0 atom stereocenters. The van der Waals surface area contributed by atoms with Crippen molar-refractivity contribution in [3.63, 3.8) is 0 Å². The van der Waals surface area contributed by atoms with Gasteiger partial charge in [0.1, 0.15) is 16.7 Å². The monoisotopic (exact) mass is 381 g/mol. The summed E-state index contributed by atoms with van der Waals surface area (Å²) < 4.78 is 28.1. The van der Waals surface area contributed by atoms with E-state index < -0.39 is 17.5 Å². The maximum absolute atomic E-state index is 13.8. The molecular formula is C17H11Cl2F2N3O. The Morgan fingerprint density at radius 2 is 1.80 bits per heavy atom. The highest BCUT2D eigenvalue weighted by Crippen LogP contribution is 2.24. The predicted octanol–water partition coefficient (Wildman–Crippen LogP) is 4.77. The Bertz CT molecular complexity index is 906. The Morgan fingerprint density at radius 3 is 2.48 bits per heavy atom. The average Bonchev–Trinajstić information content (AvgIpc) is 2.91. The van der Waals surface area contributed by atoms with E-state index in [0.29, 0.717) is 0 Å². The lowest BCUT2D eigenvalue weighted by Gasteiger charge is -2.06. The van der Waals surface area contributed by atoms with Crippen molar-refractivity contribution in [1.82, 2.24) is 9.78 Å². The third-order valence-corrected chi connectivity index (χ3v) is 4.07. The van der Waals surface area contributed by atoms with Crippen molar-refractivity contribution in [2.75, 3.05) is 5.32 Å². The molecule has 25 heavy (non-hydrogen) atoms. The van der Waals surface area contributed by atoms with E-state index in [1.54, 1.807) is 6.07 Å². The zero-order chi connectivity index (χ0) is 18.0. The number of hydrogen-bond acceptors (Lipinski definition) is 2. The summed E-state index contributed by atoms with van der Waals surface area (Å²) in [7, 11) is 0. The van der Waals surface area contributed by atoms with Crippen molar-refractivity contribution in [1.29, 1.82) is 0 Å². The molecule has 0 aliphatic carbocycles. The van der Waals surface area contributed by atoms with Crippen LogP contribution in [0.25, 0.3) is 0 Å². The molecule has 4 nitrogen and oxygen atoms in total. The van der Waals surface area contributed by atoms with Gasteiger partial charge in [-0.25, -0.2) is 8.78 Å². The summed E-state index contributed by atoms with van der Waals surface area (Å²) in [5.41, 5.74) is 0.518. The first-order valence-corrected chi connectivity index (χ1v) is 7.92. The molecule has 0 fully saturated rings. The van der Waals surface area contributed by atoms with Gasteiger partial charge in [0.2, 0.25) is 0 Å². The third-order valence-electron chi connectivity index (χ3n) is 3.44. The Labute approximate surface area is 152 Å². The number of nitrogens with zero attached hydrogens (tertiary/aromatic N) is 2. The number of carbonyl (C=O) groups excluding carboxylic acids is 1. The number of nitrogens with one attached hydrogen (secondary N) is 1. The van der Waals surface area contributed by atoms with E-state index in [2.05, 4.69) is 10.4 Å². The summed E-state index contributed by atoms with van der Waals surface area (Å²) in [6.45, 7) is 0.0532. The lowest BCUT2D eigenvalue weighted by Crippen LogP contribution is -2.13. The number of carbonyl (C=O) groups is 1. The minimum absolute atomic E-state index is 0.0532. The molecule has 1 aromatic heterocycles. The van der Waals surface area contributed by atoms with Gasteiger partial charge < -0.3 is 5.32 Å². The molecule has 0 aliphatic rings. The largest absolute Gasteiger partial charge is 0.304 e. The van der Waals surface area contributed by atoms with E-state index in [-0.39, 0.29) is 33.5 Å². The van der Waals surface area contributed by atoms with Crippen LogP contribution in [-0.4, -0.2) is 15.7 Å². The van der Waals surface area contributed by atoms with Crippen LogP contribution in [0.2, 0.25) is 10.0 Å². The quantitative estimate of drug-likeness (QED) is 0.707. The van der Waals surface area contributed by atoms with Crippen LogP contribution in [0.3, 0.4) is 0 Å².